The molecule has 1 aliphatic heterocycles. The number of anilines is 1. The van der Waals surface area contributed by atoms with E-state index in [1.54, 1.807) is 30.3 Å². The first-order valence-electron chi connectivity index (χ1n) is 11.1. The maximum Gasteiger partial charge on any atom is 0.324 e. The third-order valence-corrected chi connectivity index (χ3v) is 6.18. The van der Waals surface area contributed by atoms with E-state index in [1.165, 1.54) is 25.3 Å². The van der Waals surface area contributed by atoms with Crippen LogP contribution in [0.15, 0.2) is 48.5 Å². The molecule has 0 bridgehead atoms. The summed E-state index contributed by atoms with van der Waals surface area (Å²) >= 11 is 0. The number of nitrogens with one attached hydrogen (secondary N) is 4. The average Bonchev–Trinajstić information content (AvgIpc) is 3.27. The third kappa shape index (κ3) is 5.35. The van der Waals surface area contributed by atoms with Crippen molar-refractivity contribution in [2.45, 2.75) is 37.4 Å². The maximum atomic E-state index is 13.7. The van der Waals surface area contributed by atoms with Gasteiger partial charge in [-0.2, -0.15) is 0 Å². The van der Waals surface area contributed by atoms with Crippen LogP contribution in [-0.4, -0.2) is 49.6 Å². The third-order valence-electron chi connectivity index (χ3n) is 6.18. The van der Waals surface area contributed by atoms with Crippen molar-refractivity contribution < 1.29 is 28.2 Å². The standard InChI is InChI=1S/C24H27FN4O5/c1-33-24(32)22-16-12-14(10-11-18(16)28-29-22)26-23(31)15-6-2-5-9-20(15)34-13-21(30)27-19-8-4-3-7-17(19)25/h2-9,14,16,18,22,28-29H,10-13H2,1H3,(H,26,31)(H,27,30). The number of fused-ring (bicyclic) bond motifs is 1. The molecule has 34 heavy (non-hydrogen) atoms. The van der Waals surface area contributed by atoms with Gasteiger partial charge in [0, 0.05) is 18.0 Å². The summed E-state index contributed by atoms with van der Waals surface area (Å²) in [4.78, 5) is 37.3. The normalized spacial score (nSPS) is 23.5. The molecule has 9 nitrogen and oxygen atoms in total. The fourth-order valence-electron chi connectivity index (χ4n) is 4.48. The van der Waals surface area contributed by atoms with Crippen molar-refractivity contribution in [3.8, 4) is 5.75 Å². The van der Waals surface area contributed by atoms with Gasteiger partial charge in [-0.05, 0) is 43.5 Å². The van der Waals surface area contributed by atoms with E-state index in [0.717, 1.165) is 12.8 Å². The molecular weight excluding hydrogens is 443 g/mol. The highest BCUT2D eigenvalue weighted by Gasteiger charge is 2.44. The predicted octanol–water partition coefficient (Wildman–Crippen LogP) is 1.76. The second-order valence-electron chi connectivity index (χ2n) is 8.36. The number of amides is 2. The van der Waals surface area contributed by atoms with Gasteiger partial charge in [-0.3, -0.25) is 19.8 Å². The number of esters is 1. The molecule has 0 radical (unpaired) electrons. The van der Waals surface area contributed by atoms with E-state index in [4.69, 9.17) is 9.47 Å². The quantitative estimate of drug-likeness (QED) is 0.456. The molecule has 4 rings (SSSR count). The zero-order valence-corrected chi connectivity index (χ0v) is 18.7. The van der Waals surface area contributed by atoms with E-state index in [0.29, 0.717) is 6.42 Å². The van der Waals surface area contributed by atoms with Crippen LogP contribution in [0.5, 0.6) is 5.75 Å². The van der Waals surface area contributed by atoms with Crippen molar-refractivity contribution in [2.75, 3.05) is 19.0 Å². The summed E-state index contributed by atoms with van der Waals surface area (Å²) in [5.74, 6) is -1.52. The van der Waals surface area contributed by atoms with Crippen molar-refractivity contribution >= 4 is 23.5 Å². The smallest absolute Gasteiger partial charge is 0.324 e. The van der Waals surface area contributed by atoms with Crippen LogP contribution in [-0.2, 0) is 14.3 Å². The highest BCUT2D eigenvalue weighted by molar-refractivity contribution is 5.97. The summed E-state index contributed by atoms with van der Waals surface area (Å²) < 4.78 is 24.2. The fourth-order valence-corrected chi connectivity index (χ4v) is 4.48. The molecule has 4 atom stereocenters. The number of rotatable bonds is 7. The molecule has 1 heterocycles. The lowest BCUT2D eigenvalue weighted by atomic mass is 9.79. The van der Waals surface area contributed by atoms with Crippen molar-refractivity contribution in [3.05, 3.63) is 59.9 Å². The van der Waals surface area contributed by atoms with Crippen molar-refractivity contribution in [1.82, 2.24) is 16.2 Å². The number of hydrazine groups is 1. The number of benzene rings is 2. The summed E-state index contributed by atoms with van der Waals surface area (Å²) in [5.41, 5.74) is 6.48. The van der Waals surface area contributed by atoms with Gasteiger partial charge in [0.2, 0.25) is 0 Å². The Labute approximate surface area is 196 Å². The van der Waals surface area contributed by atoms with Gasteiger partial charge in [-0.25, -0.2) is 9.82 Å². The molecule has 2 aromatic rings. The number of hydrogen-bond donors (Lipinski definition) is 4. The number of methoxy groups -OCH3 is 1. The topological polar surface area (TPSA) is 118 Å². The number of para-hydroxylation sites is 2. The summed E-state index contributed by atoms with van der Waals surface area (Å²) in [7, 11) is 1.35. The Kier molecular flexibility index (Phi) is 7.39. The second-order valence-corrected chi connectivity index (χ2v) is 8.36. The Morgan fingerprint density at radius 2 is 1.82 bits per heavy atom. The van der Waals surface area contributed by atoms with Crippen LogP contribution in [0.3, 0.4) is 0 Å². The maximum absolute atomic E-state index is 13.7. The van der Waals surface area contributed by atoms with Crippen LogP contribution in [0, 0.1) is 11.7 Å². The monoisotopic (exact) mass is 470 g/mol. The molecule has 180 valence electrons. The van der Waals surface area contributed by atoms with E-state index in [9.17, 15) is 18.8 Å². The first kappa shape index (κ1) is 23.7. The summed E-state index contributed by atoms with van der Waals surface area (Å²) in [6.45, 7) is -0.385. The van der Waals surface area contributed by atoms with E-state index in [1.807, 2.05) is 0 Å². The summed E-state index contributed by atoms with van der Waals surface area (Å²) in [5, 5.41) is 5.47. The molecule has 0 aromatic heterocycles. The first-order valence-corrected chi connectivity index (χ1v) is 11.1. The van der Waals surface area contributed by atoms with Crippen LogP contribution < -0.4 is 26.2 Å². The van der Waals surface area contributed by atoms with Gasteiger partial charge >= 0.3 is 5.97 Å². The fraction of sp³-hybridized carbons (Fsp3) is 0.375. The van der Waals surface area contributed by atoms with Crippen molar-refractivity contribution in [3.63, 3.8) is 0 Å². The average molecular weight is 471 g/mol. The Morgan fingerprint density at radius 1 is 1.06 bits per heavy atom. The number of carbonyl (C=O) groups is 3. The number of ether oxygens (including phenoxy) is 2. The molecule has 1 aliphatic carbocycles. The van der Waals surface area contributed by atoms with Crippen LogP contribution >= 0.6 is 0 Å². The Bertz CT molecular complexity index is 1070. The second kappa shape index (κ2) is 10.6. The van der Waals surface area contributed by atoms with Gasteiger partial charge in [0.25, 0.3) is 11.8 Å². The Balaban J connectivity index is 1.35. The molecule has 10 heteroatoms. The highest BCUT2D eigenvalue weighted by Crippen LogP contribution is 2.31. The Morgan fingerprint density at radius 3 is 2.62 bits per heavy atom. The lowest BCUT2D eigenvalue weighted by Crippen LogP contribution is -2.46. The van der Waals surface area contributed by atoms with Gasteiger partial charge in [0.05, 0.1) is 18.4 Å². The van der Waals surface area contributed by atoms with Gasteiger partial charge in [0.1, 0.15) is 17.6 Å². The van der Waals surface area contributed by atoms with Crippen molar-refractivity contribution in [1.29, 1.82) is 0 Å². The molecule has 1 saturated heterocycles. The molecule has 4 N–H and O–H groups in total. The molecular formula is C24H27FN4O5. The molecule has 2 amide bonds. The van der Waals surface area contributed by atoms with Crippen LogP contribution in [0.1, 0.15) is 29.6 Å². The van der Waals surface area contributed by atoms with Crippen LogP contribution in [0.25, 0.3) is 0 Å². The van der Waals surface area contributed by atoms with Crippen molar-refractivity contribution in [2.24, 2.45) is 5.92 Å². The largest absolute Gasteiger partial charge is 0.483 e. The summed E-state index contributed by atoms with van der Waals surface area (Å²) in [6, 6.07) is 12.0. The Hall–Kier alpha value is -3.50. The molecule has 4 unspecified atom stereocenters. The minimum atomic E-state index is -0.549. The number of carbonyl (C=O) groups excluding carboxylic acids is 3. The van der Waals surface area contributed by atoms with Gasteiger partial charge in [-0.15, -0.1) is 0 Å². The zero-order chi connectivity index (χ0) is 24.1. The molecule has 2 fully saturated rings. The highest BCUT2D eigenvalue weighted by atomic mass is 19.1. The minimum absolute atomic E-state index is 0.0000664. The first-order chi connectivity index (χ1) is 16.5. The molecule has 1 saturated carbocycles. The van der Waals surface area contributed by atoms with Gasteiger partial charge in [0.15, 0.2) is 6.61 Å². The van der Waals surface area contributed by atoms with E-state index < -0.39 is 17.8 Å². The van der Waals surface area contributed by atoms with Gasteiger partial charge < -0.3 is 20.1 Å². The van der Waals surface area contributed by atoms with Gasteiger partial charge in [-0.1, -0.05) is 24.3 Å². The molecule has 0 spiro atoms. The number of hydrogen-bond acceptors (Lipinski definition) is 7. The van der Waals surface area contributed by atoms with E-state index >= 15 is 0 Å². The van der Waals surface area contributed by atoms with E-state index in [-0.39, 0.29) is 53.5 Å². The molecule has 2 aromatic carbocycles. The number of halogens is 1. The SMILES string of the molecule is COC(=O)C1NNC2CCC(NC(=O)c3ccccc3OCC(=O)Nc3ccccc3F)CC21. The van der Waals surface area contributed by atoms with E-state index in [2.05, 4.69) is 21.5 Å². The predicted molar refractivity (Wildman–Crippen MR) is 121 cm³/mol. The molecule has 2 aliphatic rings. The van der Waals surface area contributed by atoms with Crippen LogP contribution in [0.2, 0.25) is 0 Å². The lowest BCUT2D eigenvalue weighted by Gasteiger charge is -2.33. The lowest BCUT2D eigenvalue weighted by molar-refractivity contribution is -0.144. The minimum Gasteiger partial charge on any atom is -0.483 e. The summed E-state index contributed by atoms with van der Waals surface area (Å²) in [6.07, 6.45) is 2.16. The van der Waals surface area contributed by atoms with Crippen LogP contribution in [0.4, 0.5) is 10.1 Å². The zero-order valence-electron chi connectivity index (χ0n) is 18.7.